The highest BCUT2D eigenvalue weighted by molar-refractivity contribution is 5.99. The molecule has 1 aliphatic rings. The molecule has 1 aliphatic heterocycles. The van der Waals surface area contributed by atoms with Gasteiger partial charge in [0.05, 0.1) is 11.3 Å². The lowest BCUT2D eigenvalue weighted by Gasteiger charge is -2.33. The Balaban J connectivity index is 1.81. The summed E-state index contributed by atoms with van der Waals surface area (Å²) in [5, 5.41) is 6.45. The van der Waals surface area contributed by atoms with Crippen molar-refractivity contribution in [2.75, 3.05) is 30.4 Å². The number of aromatic nitrogens is 2. The van der Waals surface area contributed by atoms with Crippen LogP contribution >= 0.6 is 0 Å². The minimum atomic E-state index is -0.555. The maximum Gasteiger partial charge on any atom is 0.252 e. The number of carbonyl (C=O) groups excluding carboxylic acids is 1. The number of hydrogen-bond donors (Lipinski definition) is 4. The molecule has 0 saturated carbocycles. The zero-order valence-corrected chi connectivity index (χ0v) is 15.7. The van der Waals surface area contributed by atoms with Crippen molar-refractivity contribution < 1.29 is 9.53 Å². The van der Waals surface area contributed by atoms with Crippen LogP contribution in [0.25, 0.3) is 0 Å². The molecule has 8 heteroatoms. The van der Waals surface area contributed by atoms with Gasteiger partial charge in [0.25, 0.3) is 5.91 Å². The fourth-order valence-electron chi connectivity index (χ4n) is 3.12. The molecule has 1 amide bonds. The lowest BCUT2D eigenvalue weighted by Crippen LogP contribution is -2.50. The van der Waals surface area contributed by atoms with Crippen LogP contribution in [0.4, 0.5) is 17.3 Å². The molecule has 1 saturated heterocycles. The molecule has 3 heterocycles. The molecule has 2 aromatic heterocycles. The number of nitrogens with one attached hydrogen (secondary N) is 2. The molecule has 1 fully saturated rings. The first-order valence-corrected chi connectivity index (χ1v) is 8.97. The molecule has 0 aliphatic carbocycles. The Hall–Kier alpha value is -2.71. The second-order valence-corrected chi connectivity index (χ2v) is 7.10. The van der Waals surface area contributed by atoms with Crippen LogP contribution in [0, 0.1) is 13.8 Å². The van der Waals surface area contributed by atoms with Crippen molar-refractivity contribution in [1.29, 1.82) is 0 Å². The van der Waals surface area contributed by atoms with Crippen molar-refractivity contribution in [2.24, 2.45) is 11.5 Å². The van der Waals surface area contributed by atoms with Crippen LogP contribution < -0.4 is 22.1 Å². The first-order chi connectivity index (χ1) is 12.8. The Labute approximate surface area is 158 Å². The molecule has 0 bridgehead atoms. The zero-order valence-electron chi connectivity index (χ0n) is 15.7. The fourth-order valence-corrected chi connectivity index (χ4v) is 3.12. The second-order valence-electron chi connectivity index (χ2n) is 7.10. The average molecular weight is 370 g/mol. The molecule has 0 atom stereocenters. The number of hydrogen-bond acceptors (Lipinski definition) is 7. The third-order valence-electron chi connectivity index (χ3n) is 4.64. The van der Waals surface area contributed by atoms with Gasteiger partial charge in [0.15, 0.2) is 0 Å². The largest absolute Gasteiger partial charge is 0.381 e. The first-order valence-electron chi connectivity index (χ1n) is 8.97. The number of nitrogens with two attached hydrogens (primary N) is 2. The van der Waals surface area contributed by atoms with Gasteiger partial charge in [0.2, 0.25) is 0 Å². The van der Waals surface area contributed by atoms with Crippen LogP contribution in [0.1, 0.15) is 34.5 Å². The summed E-state index contributed by atoms with van der Waals surface area (Å²) in [7, 11) is 0. The van der Waals surface area contributed by atoms with Gasteiger partial charge >= 0.3 is 0 Å². The molecular formula is C19H26N6O2. The van der Waals surface area contributed by atoms with Gasteiger partial charge in [-0.1, -0.05) is 0 Å². The highest BCUT2D eigenvalue weighted by atomic mass is 16.5. The summed E-state index contributed by atoms with van der Waals surface area (Å²) < 4.78 is 5.37. The van der Waals surface area contributed by atoms with E-state index in [0.29, 0.717) is 42.6 Å². The number of aryl methyl sites for hydroxylation is 2. The summed E-state index contributed by atoms with van der Waals surface area (Å²) in [6, 6.07) is 5.64. The van der Waals surface area contributed by atoms with Crippen molar-refractivity contribution in [1.82, 2.24) is 9.97 Å². The van der Waals surface area contributed by atoms with Crippen LogP contribution in [-0.4, -0.2) is 41.2 Å². The SMILES string of the molecule is Cc1cc(C)nc(Nc2cc(NCC3(N)CCOCC3)ncc2C(N)=O)c1. The van der Waals surface area contributed by atoms with E-state index in [1.165, 1.54) is 6.20 Å². The minimum Gasteiger partial charge on any atom is -0.381 e. The molecule has 0 spiro atoms. The highest BCUT2D eigenvalue weighted by Crippen LogP contribution is 2.24. The van der Waals surface area contributed by atoms with Crippen LogP contribution in [0.3, 0.4) is 0 Å². The highest BCUT2D eigenvalue weighted by Gasteiger charge is 2.27. The van der Waals surface area contributed by atoms with E-state index in [9.17, 15) is 4.79 Å². The van der Waals surface area contributed by atoms with Crippen molar-refractivity contribution in [2.45, 2.75) is 32.2 Å². The van der Waals surface area contributed by atoms with Crippen LogP contribution in [0.15, 0.2) is 24.4 Å². The van der Waals surface area contributed by atoms with Gasteiger partial charge in [-0.15, -0.1) is 0 Å². The van der Waals surface area contributed by atoms with Gasteiger partial charge in [-0.2, -0.15) is 0 Å². The normalized spacial score (nSPS) is 16.0. The number of pyridine rings is 2. The first kappa shape index (κ1) is 19.1. The fraction of sp³-hybridized carbons (Fsp3) is 0.421. The minimum absolute atomic E-state index is 0.301. The Morgan fingerprint density at radius 1 is 1.22 bits per heavy atom. The Morgan fingerprint density at radius 2 is 1.96 bits per heavy atom. The van der Waals surface area contributed by atoms with Gasteiger partial charge in [-0.25, -0.2) is 9.97 Å². The van der Waals surface area contributed by atoms with Gasteiger partial charge in [-0.05, 0) is 44.4 Å². The van der Waals surface area contributed by atoms with Gasteiger partial charge in [-0.3, -0.25) is 4.79 Å². The van der Waals surface area contributed by atoms with Crippen molar-refractivity contribution in [3.05, 3.63) is 41.2 Å². The number of ether oxygens (including phenoxy) is 1. The summed E-state index contributed by atoms with van der Waals surface area (Å²) in [5.74, 6) is 0.704. The van der Waals surface area contributed by atoms with E-state index in [2.05, 4.69) is 20.6 Å². The van der Waals surface area contributed by atoms with E-state index >= 15 is 0 Å². The van der Waals surface area contributed by atoms with E-state index in [4.69, 9.17) is 16.2 Å². The molecule has 2 aromatic rings. The summed E-state index contributed by atoms with van der Waals surface area (Å²) >= 11 is 0. The lowest BCUT2D eigenvalue weighted by molar-refractivity contribution is 0.0574. The summed E-state index contributed by atoms with van der Waals surface area (Å²) in [4.78, 5) is 20.5. The number of amides is 1. The molecule has 144 valence electrons. The predicted molar refractivity (Wildman–Crippen MR) is 105 cm³/mol. The van der Waals surface area contributed by atoms with E-state index in [-0.39, 0.29) is 5.54 Å². The Bertz CT molecular complexity index is 813. The lowest BCUT2D eigenvalue weighted by atomic mass is 9.91. The number of nitrogens with zero attached hydrogens (tertiary/aromatic N) is 2. The monoisotopic (exact) mass is 370 g/mol. The standard InChI is InChI=1S/C19H26N6O2/c1-12-7-13(2)24-17(8-12)25-15-9-16(22-10-14(15)18(20)26)23-11-19(21)3-5-27-6-4-19/h7-10H,3-6,11,21H2,1-2H3,(H2,20,26)(H2,22,23,24,25). The zero-order chi connectivity index (χ0) is 19.4. The second kappa shape index (κ2) is 7.89. The molecular weight excluding hydrogens is 344 g/mol. The van der Waals surface area contributed by atoms with Gasteiger partial charge in [0, 0.05) is 43.3 Å². The third-order valence-corrected chi connectivity index (χ3v) is 4.64. The molecule has 0 radical (unpaired) electrons. The quantitative estimate of drug-likeness (QED) is 0.611. The smallest absolute Gasteiger partial charge is 0.252 e. The molecule has 6 N–H and O–H groups in total. The molecule has 8 nitrogen and oxygen atoms in total. The van der Waals surface area contributed by atoms with E-state index in [1.807, 2.05) is 26.0 Å². The van der Waals surface area contributed by atoms with Crippen LogP contribution in [-0.2, 0) is 4.74 Å². The number of carbonyl (C=O) groups is 1. The summed E-state index contributed by atoms with van der Waals surface area (Å²) in [6.07, 6.45) is 3.04. The summed E-state index contributed by atoms with van der Waals surface area (Å²) in [6.45, 7) is 5.81. The molecule has 27 heavy (non-hydrogen) atoms. The molecule has 0 unspecified atom stereocenters. The third kappa shape index (κ3) is 4.93. The van der Waals surface area contributed by atoms with Crippen LogP contribution in [0.5, 0.6) is 0 Å². The Morgan fingerprint density at radius 3 is 2.63 bits per heavy atom. The number of primary amides is 1. The van der Waals surface area contributed by atoms with Crippen molar-refractivity contribution in [3.8, 4) is 0 Å². The van der Waals surface area contributed by atoms with E-state index < -0.39 is 5.91 Å². The van der Waals surface area contributed by atoms with Crippen molar-refractivity contribution in [3.63, 3.8) is 0 Å². The van der Waals surface area contributed by atoms with E-state index in [0.717, 1.165) is 24.1 Å². The average Bonchev–Trinajstić information content (AvgIpc) is 2.60. The van der Waals surface area contributed by atoms with Crippen molar-refractivity contribution >= 4 is 23.2 Å². The van der Waals surface area contributed by atoms with Crippen LogP contribution in [0.2, 0.25) is 0 Å². The van der Waals surface area contributed by atoms with Gasteiger partial charge < -0.3 is 26.8 Å². The number of rotatable bonds is 6. The predicted octanol–water partition coefficient (Wildman–Crippen LogP) is 1.86. The summed E-state index contributed by atoms with van der Waals surface area (Å²) in [5.41, 5.74) is 14.4. The number of anilines is 3. The maximum absolute atomic E-state index is 11.8. The topological polar surface area (TPSA) is 128 Å². The van der Waals surface area contributed by atoms with Gasteiger partial charge in [0.1, 0.15) is 11.6 Å². The Kier molecular flexibility index (Phi) is 5.57. The maximum atomic E-state index is 11.8. The van der Waals surface area contributed by atoms with E-state index in [1.54, 1.807) is 6.07 Å². The molecule has 0 aromatic carbocycles. The molecule has 3 rings (SSSR count).